The zero-order valence-electron chi connectivity index (χ0n) is 28.5. The molecule has 1 atom stereocenters. The third-order valence-electron chi connectivity index (χ3n) is 8.73. The third-order valence-corrected chi connectivity index (χ3v) is 8.73. The van der Waals surface area contributed by atoms with Gasteiger partial charge in [0, 0.05) is 38.8 Å². The summed E-state index contributed by atoms with van der Waals surface area (Å²) in [5.74, 6) is 0.933. The molecule has 0 aromatic heterocycles. The van der Waals surface area contributed by atoms with Crippen LogP contribution in [0.1, 0.15) is 136 Å². The first kappa shape index (κ1) is 38.7. The second kappa shape index (κ2) is 22.9. The van der Waals surface area contributed by atoms with E-state index >= 15 is 0 Å². The fraction of sp³-hybridized carbons (Fsp3) is 0.886. The first-order valence-electron chi connectivity index (χ1n) is 17.7. The molecule has 45 heavy (non-hydrogen) atoms. The standard InChI is InChI=1S/C35H62N2O8/c1-35(2,3)26-30(25-32(39)43-22-11-21-42-31(38)19-18-28-13-6-4-7-14-28)17-10-20-36-33(40)44-23-12-24-45-34(41)37-27-29-15-8-5-9-16-29/h28-30H,4-27H2,1-3H3,(H,36,40)(H,37,41). The van der Waals surface area contributed by atoms with Gasteiger partial charge in [-0.1, -0.05) is 72.1 Å². The summed E-state index contributed by atoms with van der Waals surface area (Å²) in [6.07, 6.45) is 16.4. The van der Waals surface area contributed by atoms with Crippen LogP contribution in [0.3, 0.4) is 0 Å². The van der Waals surface area contributed by atoms with Crippen LogP contribution in [-0.4, -0.2) is 63.6 Å². The molecule has 0 spiro atoms. The van der Waals surface area contributed by atoms with Gasteiger partial charge in [-0.3, -0.25) is 9.59 Å². The fourth-order valence-corrected chi connectivity index (χ4v) is 6.43. The Morgan fingerprint density at radius 2 is 1.20 bits per heavy atom. The largest absolute Gasteiger partial charge is 0.466 e. The van der Waals surface area contributed by atoms with Crippen LogP contribution in [0, 0.1) is 23.2 Å². The van der Waals surface area contributed by atoms with E-state index in [4.69, 9.17) is 18.9 Å². The van der Waals surface area contributed by atoms with Crippen molar-refractivity contribution in [1.82, 2.24) is 10.6 Å². The normalized spacial score (nSPS) is 16.8. The third kappa shape index (κ3) is 21.0. The van der Waals surface area contributed by atoms with Crippen LogP contribution in [-0.2, 0) is 28.5 Å². The number of ether oxygens (including phenoxy) is 4. The first-order chi connectivity index (χ1) is 21.6. The van der Waals surface area contributed by atoms with E-state index in [2.05, 4.69) is 31.4 Å². The fourth-order valence-electron chi connectivity index (χ4n) is 6.43. The Hall–Kier alpha value is -2.52. The molecule has 2 saturated carbocycles. The number of alkyl carbamates (subject to hydrolysis) is 2. The molecule has 0 bridgehead atoms. The van der Waals surface area contributed by atoms with Crippen LogP contribution < -0.4 is 10.6 Å². The number of carbonyl (C=O) groups excluding carboxylic acids is 4. The topological polar surface area (TPSA) is 129 Å². The van der Waals surface area contributed by atoms with Crippen molar-refractivity contribution in [3.8, 4) is 0 Å². The van der Waals surface area contributed by atoms with Crippen LogP contribution in [0.5, 0.6) is 0 Å². The Morgan fingerprint density at radius 1 is 0.667 bits per heavy atom. The molecule has 10 nitrogen and oxygen atoms in total. The maximum absolute atomic E-state index is 12.5. The predicted octanol–water partition coefficient (Wildman–Crippen LogP) is 7.47. The summed E-state index contributed by atoms with van der Waals surface area (Å²) in [6.45, 7) is 8.41. The van der Waals surface area contributed by atoms with Crippen molar-refractivity contribution in [2.75, 3.05) is 39.5 Å². The van der Waals surface area contributed by atoms with Crippen molar-refractivity contribution in [3.05, 3.63) is 0 Å². The summed E-state index contributed by atoms with van der Waals surface area (Å²) in [5, 5.41) is 5.58. The van der Waals surface area contributed by atoms with E-state index in [1.54, 1.807) is 0 Å². The van der Waals surface area contributed by atoms with E-state index in [1.165, 1.54) is 51.4 Å². The highest BCUT2D eigenvalue weighted by Gasteiger charge is 2.22. The van der Waals surface area contributed by atoms with Gasteiger partial charge in [-0.25, -0.2) is 9.59 Å². The molecular formula is C35H62N2O8. The lowest BCUT2D eigenvalue weighted by atomic mass is 9.81. The Bertz CT molecular complexity index is 847. The molecule has 260 valence electrons. The van der Waals surface area contributed by atoms with E-state index in [0.717, 1.165) is 32.1 Å². The summed E-state index contributed by atoms with van der Waals surface area (Å²) >= 11 is 0. The van der Waals surface area contributed by atoms with E-state index in [0.29, 0.717) is 57.0 Å². The lowest BCUT2D eigenvalue weighted by Gasteiger charge is -2.25. The summed E-state index contributed by atoms with van der Waals surface area (Å²) < 4.78 is 21.1. The molecule has 1 unspecified atom stereocenters. The van der Waals surface area contributed by atoms with E-state index in [-0.39, 0.29) is 49.7 Å². The Kier molecular flexibility index (Phi) is 19.7. The summed E-state index contributed by atoms with van der Waals surface area (Å²) in [5.41, 5.74) is 0.0536. The zero-order valence-corrected chi connectivity index (χ0v) is 28.5. The molecule has 2 amide bonds. The van der Waals surface area contributed by atoms with Crippen LogP contribution >= 0.6 is 0 Å². The van der Waals surface area contributed by atoms with Crippen LogP contribution in [0.15, 0.2) is 0 Å². The molecule has 2 aliphatic carbocycles. The summed E-state index contributed by atoms with van der Waals surface area (Å²) in [4.78, 5) is 48.4. The molecule has 2 rings (SSSR count). The molecule has 2 aliphatic rings. The van der Waals surface area contributed by atoms with Gasteiger partial charge < -0.3 is 29.6 Å². The van der Waals surface area contributed by atoms with Gasteiger partial charge in [0.2, 0.25) is 0 Å². The summed E-state index contributed by atoms with van der Waals surface area (Å²) in [6, 6.07) is 0. The maximum Gasteiger partial charge on any atom is 0.407 e. The molecule has 0 saturated heterocycles. The molecule has 10 heteroatoms. The molecule has 0 aromatic rings. The van der Waals surface area contributed by atoms with Crippen LogP contribution in [0.2, 0.25) is 0 Å². The Balaban J connectivity index is 1.49. The maximum atomic E-state index is 12.5. The zero-order chi connectivity index (χ0) is 32.8. The molecule has 2 N–H and O–H groups in total. The average molecular weight is 639 g/mol. The number of carbonyl (C=O) groups is 4. The van der Waals surface area contributed by atoms with Crippen LogP contribution in [0.25, 0.3) is 0 Å². The van der Waals surface area contributed by atoms with Gasteiger partial charge in [-0.2, -0.15) is 0 Å². The molecule has 0 heterocycles. The van der Waals surface area contributed by atoms with Gasteiger partial charge in [-0.15, -0.1) is 0 Å². The van der Waals surface area contributed by atoms with Crippen molar-refractivity contribution < 1.29 is 38.1 Å². The minimum Gasteiger partial charge on any atom is -0.466 e. The van der Waals surface area contributed by atoms with Crippen molar-refractivity contribution in [1.29, 1.82) is 0 Å². The van der Waals surface area contributed by atoms with E-state index in [9.17, 15) is 19.2 Å². The molecule has 2 fully saturated rings. The number of hydrogen-bond donors (Lipinski definition) is 2. The minimum atomic E-state index is -0.502. The van der Waals surface area contributed by atoms with E-state index < -0.39 is 12.2 Å². The Labute approximate surface area is 271 Å². The van der Waals surface area contributed by atoms with Gasteiger partial charge in [0.15, 0.2) is 0 Å². The summed E-state index contributed by atoms with van der Waals surface area (Å²) in [7, 11) is 0. The van der Waals surface area contributed by atoms with Crippen molar-refractivity contribution in [2.45, 2.75) is 136 Å². The van der Waals surface area contributed by atoms with Crippen molar-refractivity contribution in [2.24, 2.45) is 23.2 Å². The lowest BCUT2D eigenvalue weighted by Crippen LogP contribution is -2.31. The molecule has 0 aromatic carbocycles. The number of rotatable bonds is 20. The molecule has 0 aliphatic heterocycles. The van der Waals surface area contributed by atoms with Crippen molar-refractivity contribution in [3.63, 3.8) is 0 Å². The highest BCUT2D eigenvalue weighted by molar-refractivity contribution is 5.70. The molecular weight excluding hydrogens is 576 g/mol. The second-order valence-corrected chi connectivity index (χ2v) is 14.3. The quantitative estimate of drug-likeness (QED) is 0.0798. The van der Waals surface area contributed by atoms with Gasteiger partial charge in [-0.05, 0) is 61.7 Å². The number of amides is 2. The van der Waals surface area contributed by atoms with E-state index in [1.807, 2.05) is 0 Å². The average Bonchev–Trinajstić information content (AvgIpc) is 3.01. The molecule has 0 radical (unpaired) electrons. The Morgan fingerprint density at radius 3 is 1.80 bits per heavy atom. The minimum absolute atomic E-state index is 0.0536. The van der Waals surface area contributed by atoms with Gasteiger partial charge in [0.1, 0.15) is 0 Å². The smallest absolute Gasteiger partial charge is 0.407 e. The SMILES string of the molecule is CC(C)(C)CC(CCCNC(=O)OCCCOC(=O)NCC1CCCCC1)CC(=O)OCCCOC(=O)CCC1CCCCC1. The number of hydrogen-bond acceptors (Lipinski definition) is 8. The first-order valence-corrected chi connectivity index (χ1v) is 17.7. The van der Waals surface area contributed by atoms with Gasteiger partial charge in [0.05, 0.1) is 26.4 Å². The number of esters is 2. The van der Waals surface area contributed by atoms with Crippen LogP contribution in [0.4, 0.5) is 9.59 Å². The predicted molar refractivity (Wildman–Crippen MR) is 174 cm³/mol. The highest BCUT2D eigenvalue weighted by Crippen LogP contribution is 2.30. The number of nitrogens with one attached hydrogen (secondary N) is 2. The van der Waals surface area contributed by atoms with Gasteiger partial charge >= 0.3 is 24.1 Å². The lowest BCUT2D eigenvalue weighted by molar-refractivity contribution is -0.147. The second-order valence-electron chi connectivity index (χ2n) is 14.3. The van der Waals surface area contributed by atoms with Gasteiger partial charge in [0.25, 0.3) is 0 Å². The monoisotopic (exact) mass is 638 g/mol. The van der Waals surface area contributed by atoms with Crippen molar-refractivity contribution >= 4 is 24.1 Å². The highest BCUT2D eigenvalue weighted by atomic mass is 16.6.